The minimum atomic E-state index is -4.09. The second kappa shape index (κ2) is 14.2. The molecule has 1 aromatic heterocycles. The number of carboxylic acid groups (broad SMARTS) is 1. The van der Waals surface area contributed by atoms with Gasteiger partial charge in [0.1, 0.15) is 0 Å². The second-order valence-electron chi connectivity index (χ2n) is 13.8. The normalized spacial score (nSPS) is 21.6. The van der Waals surface area contributed by atoms with Crippen molar-refractivity contribution in [2.75, 3.05) is 19.3 Å². The summed E-state index contributed by atoms with van der Waals surface area (Å²) in [5, 5.41) is 15.9. The standard InChI is InChI=1S/C34H46N4O8S/c1-21(2)25(18-30(41)35-16-8-10-24-13-12-22-9-6-7-11-26(22)36-24)32(44)37-27(19-31(42)43)28(39)20-38(47(5,45)46)34-15-14-23(17-29(34)40)33(34,3)4/h6-7,9,11-13,21,23,25,27H,8,10,14-20H2,1-5H3,(H,35,41)(H,37,44)(H,42,43). The summed E-state index contributed by atoms with van der Waals surface area (Å²) in [6.45, 7) is 6.75. The number of ketones is 2. The van der Waals surface area contributed by atoms with Gasteiger partial charge in [-0.15, -0.1) is 0 Å². The first kappa shape index (κ1) is 36.1. The van der Waals surface area contributed by atoms with Crippen LogP contribution >= 0.6 is 0 Å². The number of sulfonamides is 1. The van der Waals surface area contributed by atoms with Crippen molar-refractivity contribution < 1.29 is 37.5 Å². The van der Waals surface area contributed by atoms with Crippen LogP contribution in [0.4, 0.5) is 0 Å². The van der Waals surface area contributed by atoms with Crippen molar-refractivity contribution in [2.45, 2.75) is 84.2 Å². The number of nitrogens with zero attached hydrogens (tertiary/aromatic N) is 2. The van der Waals surface area contributed by atoms with Crippen LogP contribution in [0.25, 0.3) is 10.9 Å². The third-order valence-corrected chi connectivity index (χ3v) is 11.4. The maximum absolute atomic E-state index is 13.6. The van der Waals surface area contributed by atoms with E-state index < -0.39 is 63.6 Å². The van der Waals surface area contributed by atoms with Crippen LogP contribution in [0.1, 0.15) is 71.9 Å². The summed E-state index contributed by atoms with van der Waals surface area (Å²) in [4.78, 5) is 69.5. The number of hydrogen-bond acceptors (Lipinski definition) is 8. The number of amides is 2. The molecule has 2 saturated carbocycles. The van der Waals surface area contributed by atoms with Crippen molar-refractivity contribution >= 4 is 50.3 Å². The summed E-state index contributed by atoms with van der Waals surface area (Å²) in [5.41, 5.74) is -0.344. The van der Waals surface area contributed by atoms with Crippen molar-refractivity contribution in [1.29, 1.82) is 0 Å². The number of rotatable bonds is 16. The maximum atomic E-state index is 13.6. The lowest BCUT2D eigenvalue weighted by atomic mass is 9.75. The molecule has 0 spiro atoms. The molecule has 2 fully saturated rings. The highest BCUT2D eigenvalue weighted by Gasteiger charge is 2.68. The summed E-state index contributed by atoms with van der Waals surface area (Å²) in [5.74, 6) is -4.76. The lowest BCUT2D eigenvalue weighted by Gasteiger charge is -2.44. The number of para-hydroxylation sites is 1. The van der Waals surface area contributed by atoms with Crippen LogP contribution < -0.4 is 10.6 Å². The third-order valence-electron chi connectivity index (χ3n) is 10.2. The molecule has 47 heavy (non-hydrogen) atoms. The lowest BCUT2D eigenvalue weighted by Crippen LogP contribution is -2.62. The van der Waals surface area contributed by atoms with Gasteiger partial charge < -0.3 is 15.7 Å². The van der Waals surface area contributed by atoms with E-state index in [1.165, 1.54) is 0 Å². The number of fused-ring (bicyclic) bond motifs is 3. The highest BCUT2D eigenvalue weighted by atomic mass is 32.2. The van der Waals surface area contributed by atoms with Gasteiger partial charge in [-0.25, -0.2) is 8.42 Å². The van der Waals surface area contributed by atoms with Gasteiger partial charge in [0.15, 0.2) is 11.6 Å². The Kier molecular flexibility index (Phi) is 10.9. The van der Waals surface area contributed by atoms with Crippen molar-refractivity contribution in [3.8, 4) is 0 Å². The number of aliphatic carboxylic acids is 1. The molecule has 3 N–H and O–H groups in total. The number of aromatic nitrogens is 1. The van der Waals surface area contributed by atoms with E-state index in [0.717, 1.165) is 27.2 Å². The Labute approximate surface area is 276 Å². The first-order valence-electron chi connectivity index (χ1n) is 16.1. The van der Waals surface area contributed by atoms with Gasteiger partial charge >= 0.3 is 5.97 Å². The zero-order valence-electron chi connectivity index (χ0n) is 27.7. The summed E-state index contributed by atoms with van der Waals surface area (Å²) >= 11 is 0. The van der Waals surface area contributed by atoms with Gasteiger partial charge in [0.05, 0.1) is 36.3 Å². The molecule has 1 aromatic carbocycles. The van der Waals surface area contributed by atoms with Crippen molar-refractivity contribution in [3.63, 3.8) is 0 Å². The molecule has 1 heterocycles. The number of carboxylic acids is 1. The Balaban J connectivity index is 1.39. The maximum Gasteiger partial charge on any atom is 0.305 e. The molecular formula is C34H46N4O8S. The fraction of sp³-hybridized carbons (Fsp3) is 0.588. The van der Waals surface area contributed by atoms with Gasteiger partial charge in [-0.2, -0.15) is 4.31 Å². The number of pyridine rings is 1. The van der Waals surface area contributed by atoms with E-state index in [2.05, 4.69) is 15.6 Å². The number of hydrogen-bond donors (Lipinski definition) is 3. The van der Waals surface area contributed by atoms with Crippen LogP contribution in [0.2, 0.25) is 0 Å². The molecule has 2 bridgehead atoms. The molecular weight excluding hydrogens is 624 g/mol. The number of nitrogens with one attached hydrogen (secondary N) is 2. The van der Waals surface area contributed by atoms with Gasteiger partial charge in [0, 0.05) is 36.4 Å². The number of aryl methyl sites for hydroxylation is 1. The molecule has 256 valence electrons. The Morgan fingerprint density at radius 3 is 2.38 bits per heavy atom. The Hall–Kier alpha value is -3.71. The molecule has 12 nitrogen and oxygen atoms in total. The van der Waals surface area contributed by atoms with E-state index in [9.17, 15) is 37.5 Å². The van der Waals surface area contributed by atoms with Crippen molar-refractivity contribution in [3.05, 3.63) is 42.1 Å². The van der Waals surface area contributed by atoms with E-state index in [4.69, 9.17) is 0 Å². The van der Waals surface area contributed by atoms with Gasteiger partial charge in [0.2, 0.25) is 21.8 Å². The molecule has 4 rings (SSSR count). The molecule has 2 amide bonds. The Morgan fingerprint density at radius 1 is 1.09 bits per heavy atom. The first-order chi connectivity index (χ1) is 22.0. The van der Waals surface area contributed by atoms with Gasteiger partial charge in [-0.1, -0.05) is 52.0 Å². The highest BCUT2D eigenvalue weighted by Crippen LogP contribution is 2.61. The predicted molar refractivity (Wildman–Crippen MR) is 176 cm³/mol. The predicted octanol–water partition coefficient (Wildman–Crippen LogP) is 2.88. The quantitative estimate of drug-likeness (QED) is 0.226. The SMILES string of the molecule is CC(C)C(CC(=O)NCCCc1ccc2ccccc2n1)C(=O)NC(CC(=O)O)C(=O)CN(C12CCC(CC1=O)C2(C)C)S(C)(=O)=O. The zero-order valence-corrected chi connectivity index (χ0v) is 28.6. The van der Waals surface area contributed by atoms with Crippen LogP contribution in [0.3, 0.4) is 0 Å². The largest absolute Gasteiger partial charge is 0.481 e. The van der Waals surface area contributed by atoms with Crippen LogP contribution in [0.15, 0.2) is 36.4 Å². The minimum Gasteiger partial charge on any atom is -0.481 e. The van der Waals surface area contributed by atoms with Crippen molar-refractivity contribution in [1.82, 2.24) is 19.9 Å². The zero-order chi connectivity index (χ0) is 34.7. The van der Waals surface area contributed by atoms with Crippen molar-refractivity contribution in [2.24, 2.45) is 23.2 Å². The lowest BCUT2D eigenvalue weighted by molar-refractivity contribution is -0.142. The fourth-order valence-corrected chi connectivity index (χ4v) is 8.73. The topological polar surface area (TPSA) is 180 Å². The molecule has 2 aliphatic rings. The van der Waals surface area contributed by atoms with E-state index in [0.29, 0.717) is 25.8 Å². The monoisotopic (exact) mass is 670 g/mol. The highest BCUT2D eigenvalue weighted by molar-refractivity contribution is 7.88. The number of benzene rings is 1. The van der Waals surface area contributed by atoms with Crippen LogP contribution in [-0.4, -0.2) is 83.1 Å². The molecule has 13 heteroatoms. The van der Waals surface area contributed by atoms with Gasteiger partial charge in [-0.05, 0) is 55.1 Å². The molecule has 0 aliphatic heterocycles. The van der Waals surface area contributed by atoms with Gasteiger partial charge in [-0.3, -0.25) is 29.0 Å². The Morgan fingerprint density at radius 2 is 1.79 bits per heavy atom. The molecule has 0 saturated heterocycles. The summed E-state index contributed by atoms with van der Waals surface area (Å²) in [7, 11) is -4.09. The first-order valence-corrected chi connectivity index (χ1v) is 18.0. The molecule has 4 unspecified atom stereocenters. The average Bonchev–Trinajstić information content (AvgIpc) is 3.35. The second-order valence-corrected chi connectivity index (χ2v) is 15.8. The van der Waals surface area contributed by atoms with E-state index >= 15 is 0 Å². The summed E-state index contributed by atoms with van der Waals surface area (Å²) in [6, 6.07) is 10.2. The fourth-order valence-electron chi connectivity index (χ4n) is 7.37. The number of carbonyl (C=O) groups excluding carboxylic acids is 4. The minimum absolute atomic E-state index is 0.0304. The van der Waals surface area contributed by atoms with Crippen LogP contribution in [0.5, 0.6) is 0 Å². The van der Waals surface area contributed by atoms with E-state index in [1.807, 2.05) is 50.2 Å². The van der Waals surface area contributed by atoms with Crippen LogP contribution in [-0.2, 0) is 40.4 Å². The number of Topliss-reactive ketones (excluding diaryl/α,β-unsaturated/α-hetero) is 2. The summed E-state index contributed by atoms with van der Waals surface area (Å²) in [6.07, 6.45) is 2.34. The number of carbonyl (C=O) groups is 5. The smallest absolute Gasteiger partial charge is 0.305 e. The molecule has 2 aromatic rings. The Bertz CT molecular complexity index is 1660. The van der Waals surface area contributed by atoms with E-state index in [-0.39, 0.29) is 42.8 Å². The average molecular weight is 671 g/mol. The van der Waals surface area contributed by atoms with E-state index in [1.54, 1.807) is 13.8 Å². The molecule has 0 radical (unpaired) electrons. The van der Waals surface area contributed by atoms with Gasteiger partial charge in [0.25, 0.3) is 0 Å². The molecule has 4 atom stereocenters. The molecule has 2 aliphatic carbocycles. The third kappa shape index (κ3) is 7.72. The summed E-state index contributed by atoms with van der Waals surface area (Å²) < 4.78 is 27.1. The van der Waals surface area contributed by atoms with Crippen LogP contribution in [0, 0.1) is 23.2 Å².